The van der Waals surface area contributed by atoms with Crippen molar-refractivity contribution in [2.45, 2.75) is 6.54 Å². The van der Waals surface area contributed by atoms with Crippen molar-refractivity contribution < 1.29 is 4.79 Å². The highest BCUT2D eigenvalue weighted by Crippen LogP contribution is 2.25. The van der Waals surface area contributed by atoms with Crippen LogP contribution in [-0.2, 0) is 6.54 Å². The Morgan fingerprint density at radius 2 is 1.85 bits per heavy atom. The van der Waals surface area contributed by atoms with Crippen molar-refractivity contribution in [1.82, 2.24) is 4.98 Å². The van der Waals surface area contributed by atoms with Gasteiger partial charge in [-0.3, -0.25) is 4.79 Å². The number of aromatic nitrogens is 1. The molecule has 0 atom stereocenters. The fraction of sp³-hybridized carbons (Fsp3) is 0.100. The molecule has 0 aliphatic heterocycles. The van der Waals surface area contributed by atoms with Crippen LogP contribution in [0.4, 0.5) is 11.4 Å². The molecule has 1 amide bonds. The molecule has 26 heavy (non-hydrogen) atoms. The number of nitrogens with one attached hydrogen (secondary N) is 1. The Hall–Kier alpha value is -2.56. The van der Waals surface area contributed by atoms with Crippen LogP contribution in [0.3, 0.4) is 0 Å². The molecule has 3 aromatic rings. The Morgan fingerprint density at radius 3 is 2.50 bits per heavy atom. The zero-order valence-electron chi connectivity index (χ0n) is 14.1. The van der Waals surface area contributed by atoms with Crippen molar-refractivity contribution in [2.24, 2.45) is 0 Å². The van der Waals surface area contributed by atoms with Crippen LogP contribution in [0, 0.1) is 0 Å². The van der Waals surface area contributed by atoms with Gasteiger partial charge >= 0.3 is 0 Å². The minimum atomic E-state index is -0.327. The molecule has 0 bridgehead atoms. The van der Waals surface area contributed by atoms with Crippen LogP contribution in [0.15, 0.2) is 66.9 Å². The molecule has 1 aromatic heterocycles. The van der Waals surface area contributed by atoms with E-state index in [9.17, 15) is 4.79 Å². The van der Waals surface area contributed by atoms with Crippen molar-refractivity contribution >= 4 is 40.5 Å². The summed E-state index contributed by atoms with van der Waals surface area (Å²) in [6.45, 7) is 0.758. The molecule has 0 aliphatic carbocycles. The second kappa shape index (κ2) is 8.21. The maximum absolute atomic E-state index is 12.3. The van der Waals surface area contributed by atoms with E-state index in [1.54, 1.807) is 30.5 Å². The molecule has 1 heterocycles. The first-order valence-corrected chi connectivity index (χ1v) is 8.76. The second-order valence-electron chi connectivity index (χ2n) is 5.82. The van der Waals surface area contributed by atoms with Crippen LogP contribution >= 0.6 is 23.2 Å². The molecular formula is C20H17Cl2N3O. The predicted octanol–water partition coefficient (Wildman–Crippen LogP) is 5.28. The average molecular weight is 386 g/mol. The SMILES string of the molecule is CN(Cc1ccccc1)c1ccc(C(=O)Nc2ccc(Cl)cc2Cl)nc1. The molecule has 4 nitrogen and oxygen atoms in total. The largest absolute Gasteiger partial charge is 0.369 e. The third-order valence-electron chi connectivity index (χ3n) is 3.86. The number of carbonyl (C=O) groups excluding carboxylic acids is 1. The highest BCUT2D eigenvalue weighted by molar-refractivity contribution is 6.36. The van der Waals surface area contributed by atoms with E-state index in [-0.39, 0.29) is 5.91 Å². The number of benzene rings is 2. The van der Waals surface area contributed by atoms with Crippen molar-refractivity contribution in [1.29, 1.82) is 0 Å². The lowest BCUT2D eigenvalue weighted by Crippen LogP contribution is -2.18. The standard InChI is InChI=1S/C20H17Cl2N3O/c1-25(13-14-5-3-2-4-6-14)16-8-10-19(23-12-16)20(26)24-18-9-7-15(21)11-17(18)22/h2-12H,13H2,1H3,(H,24,26). The Morgan fingerprint density at radius 1 is 1.08 bits per heavy atom. The van der Waals surface area contributed by atoms with Crippen molar-refractivity contribution in [3.63, 3.8) is 0 Å². The summed E-state index contributed by atoms with van der Waals surface area (Å²) in [6.07, 6.45) is 1.68. The number of anilines is 2. The minimum Gasteiger partial charge on any atom is -0.369 e. The smallest absolute Gasteiger partial charge is 0.274 e. The van der Waals surface area contributed by atoms with E-state index in [0.717, 1.165) is 12.2 Å². The van der Waals surface area contributed by atoms with E-state index in [4.69, 9.17) is 23.2 Å². The van der Waals surface area contributed by atoms with E-state index < -0.39 is 0 Å². The lowest BCUT2D eigenvalue weighted by atomic mass is 10.2. The van der Waals surface area contributed by atoms with E-state index in [2.05, 4.69) is 27.3 Å². The van der Waals surface area contributed by atoms with Gasteiger partial charge in [0.05, 0.1) is 22.6 Å². The number of hydrogen-bond donors (Lipinski definition) is 1. The van der Waals surface area contributed by atoms with Gasteiger partial charge in [-0.1, -0.05) is 53.5 Å². The topological polar surface area (TPSA) is 45.2 Å². The monoisotopic (exact) mass is 385 g/mol. The first-order chi connectivity index (χ1) is 12.5. The molecule has 2 aromatic carbocycles. The summed E-state index contributed by atoms with van der Waals surface area (Å²) in [4.78, 5) is 18.7. The molecule has 6 heteroatoms. The van der Waals surface area contributed by atoms with Gasteiger partial charge in [0.15, 0.2) is 0 Å². The lowest BCUT2D eigenvalue weighted by Gasteiger charge is -2.19. The highest BCUT2D eigenvalue weighted by atomic mass is 35.5. The molecular weight excluding hydrogens is 369 g/mol. The Balaban J connectivity index is 1.67. The van der Waals surface area contributed by atoms with Gasteiger partial charge in [-0.25, -0.2) is 4.98 Å². The molecule has 132 valence electrons. The number of amides is 1. The van der Waals surface area contributed by atoms with Crippen molar-refractivity contribution in [2.75, 3.05) is 17.3 Å². The van der Waals surface area contributed by atoms with Crippen LogP contribution in [0.25, 0.3) is 0 Å². The maximum atomic E-state index is 12.3. The maximum Gasteiger partial charge on any atom is 0.274 e. The highest BCUT2D eigenvalue weighted by Gasteiger charge is 2.11. The molecule has 3 rings (SSSR count). The molecule has 0 radical (unpaired) electrons. The molecule has 0 spiro atoms. The molecule has 0 aliphatic rings. The van der Waals surface area contributed by atoms with Crippen LogP contribution < -0.4 is 10.2 Å². The fourth-order valence-electron chi connectivity index (χ4n) is 2.47. The second-order valence-corrected chi connectivity index (χ2v) is 6.67. The molecule has 0 saturated carbocycles. The van der Waals surface area contributed by atoms with E-state index in [0.29, 0.717) is 21.4 Å². The third kappa shape index (κ3) is 4.54. The van der Waals surface area contributed by atoms with Crippen molar-refractivity contribution in [3.8, 4) is 0 Å². The van der Waals surface area contributed by atoms with Crippen LogP contribution in [0.2, 0.25) is 10.0 Å². The summed E-state index contributed by atoms with van der Waals surface area (Å²) < 4.78 is 0. The first kappa shape index (κ1) is 18.2. The molecule has 0 fully saturated rings. The van der Waals surface area contributed by atoms with E-state index >= 15 is 0 Å². The molecule has 0 saturated heterocycles. The average Bonchev–Trinajstić information content (AvgIpc) is 2.65. The molecule has 0 unspecified atom stereocenters. The number of pyridine rings is 1. The minimum absolute atomic E-state index is 0.313. The quantitative estimate of drug-likeness (QED) is 0.649. The first-order valence-electron chi connectivity index (χ1n) is 8.00. The lowest BCUT2D eigenvalue weighted by molar-refractivity contribution is 0.102. The summed E-state index contributed by atoms with van der Waals surface area (Å²) in [7, 11) is 1.98. The molecule has 1 N–H and O–H groups in total. The summed E-state index contributed by atoms with van der Waals surface area (Å²) >= 11 is 11.9. The zero-order valence-corrected chi connectivity index (χ0v) is 15.6. The fourth-order valence-corrected chi connectivity index (χ4v) is 2.93. The van der Waals surface area contributed by atoms with Gasteiger partial charge in [-0.15, -0.1) is 0 Å². The summed E-state index contributed by atoms with van der Waals surface area (Å²) in [5.74, 6) is -0.327. The van der Waals surface area contributed by atoms with Gasteiger partial charge in [-0.2, -0.15) is 0 Å². The Labute approximate surface area is 162 Å². The Kier molecular flexibility index (Phi) is 5.76. The van der Waals surface area contributed by atoms with Gasteiger partial charge < -0.3 is 10.2 Å². The van der Waals surface area contributed by atoms with Gasteiger partial charge in [0, 0.05) is 18.6 Å². The van der Waals surface area contributed by atoms with Gasteiger partial charge in [0.2, 0.25) is 0 Å². The summed E-state index contributed by atoms with van der Waals surface area (Å²) in [5, 5.41) is 3.63. The normalized spacial score (nSPS) is 10.4. The van der Waals surface area contributed by atoms with Crippen LogP contribution in [0.5, 0.6) is 0 Å². The van der Waals surface area contributed by atoms with Gasteiger partial charge in [0.1, 0.15) is 5.69 Å². The Bertz CT molecular complexity index is 899. The van der Waals surface area contributed by atoms with Gasteiger partial charge in [-0.05, 0) is 35.9 Å². The van der Waals surface area contributed by atoms with Crippen LogP contribution in [0.1, 0.15) is 16.1 Å². The predicted molar refractivity (Wildman–Crippen MR) is 107 cm³/mol. The third-order valence-corrected chi connectivity index (χ3v) is 4.41. The number of halogens is 2. The van der Waals surface area contributed by atoms with Crippen molar-refractivity contribution in [3.05, 3.63) is 88.2 Å². The van der Waals surface area contributed by atoms with E-state index in [1.807, 2.05) is 31.3 Å². The summed E-state index contributed by atoms with van der Waals surface area (Å²) in [5.41, 5.74) is 2.94. The number of hydrogen-bond acceptors (Lipinski definition) is 3. The summed E-state index contributed by atoms with van der Waals surface area (Å²) in [6, 6.07) is 18.6. The van der Waals surface area contributed by atoms with E-state index in [1.165, 1.54) is 5.56 Å². The number of rotatable bonds is 5. The van der Waals surface area contributed by atoms with Crippen LogP contribution in [-0.4, -0.2) is 17.9 Å². The number of carbonyl (C=O) groups is 1. The van der Waals surface area contributed by atoms with Gasteiger partial charge in [0.25, 0.3) is 5.91 Å². The number of nitrogens with zero attached hydrogens (tertiary/aromatic N) is 2. The zero-order chi connectivity index (χ0) is 18.5.